The highest BCUT2D eigenvalue weighted by atomic mass is 35.5. The van der Waals surface area contributed by atoms with Crippen LogP contribution in [-0.4, -0.2) is 26.8 Å². The lowest BCUT2D eigenvalue weighted by atomic mass is 10.1. The van der Waals surface area contributed by atoms with Crippen molar-refractivity contribution in [2.75, 3.05) is 0 Å². The van der Waals surface area contributed by atoms with Crippen LogP contribution < -0.4 is 10.1 Å². The van der Waals surface area contributed by atoms with Gasteiger partial charge in [-0.15, -0.1) is 0 Å². The molecule has 0 spiro atoms. The van der Waals surface area contributed by atoms with Gasteiger partial charge in [-0.25, -0.2) is 9.67 Å². The minimum absolute atomic E-state index is 0.0790. The third-order valence-electron chi connectivity index (χ3n) is 4.35. The predicted molar refractivity (Wildman–Crippen MR) is 114 cm³/mol. The Morgan fingerprint density at radius 1 is 1.14 bits per heavy atom. The van der Waals surface area contributed by atoms with E-state index in [4.69, 9.17) is 16.3 Å². The number of amides is 1. The van der Waals surface area contributed by atoms with Gasteiger partial charge < -0.3 is 10.1 Å². The van der Waals surface area contributed by atoms with Gasteiger partial charge in [0.15, 0.2) is 5.82 Å². The number of nitrogens with one attached hydrogen (secondary N) is 1. The summed E-state index contributed by atoms with van der Waals surface area (Å²) >= 11 is 6.26. The summed E-state index contributed by atoms with van der Waals surface area (Å²) in [5.41, 5.74) is 2.90. The summed E-state index contributed by atoms with van der Waals surface area (Å²) in [4.78, 5) is 17.3. The van der Waals surface area contributed by atoms with Gasteiger partial charge in [-0.05, 0) is 70.5 Å². The Kier molecular flexibility index (Phi) is 6.23. The fourth-order valence-electron chi connectivity index (χ4n) is 3.05. The first-order valence-electron chi connectivity index (χ1n) is 9.52. The first kappa shape index (κ1) is 20.9. The molecule has 3 aromatic rings. The molecule has 0 aliphatic rings. The summed E-state index contributed by atoms with van der Waals surface area (Å²) in [5, 5.41) is 7.67. The third kappa shape index (κ3) is 4.95. The highest BCUT2D eigenvalue weighted by Crippen LogP contribution is 2.22. The summed E-state index contributed by atoms with van der Waals surface area (Å²) in [7, 11) is 0. The van der Waals surface area contributed by atoms with E-state index in [1.165, 1.54) is 0 Å². The number of nitrogens with zero attached hydrogens (tertiary/aromatic N) is 3. The Morgan fingerprint density at radius 2 is 1.90 bits per heavy atom. The molecule has 0 fully saturated rings. The smallest absolute Gasteiger partial charge is 0.271 e. The molecule has 1 amide bonds. The number of aryl methyl sites for hydroxylation is 2. The SMILES string of the molecule is Cc1cc(C)n(-c2ccc(Cl)c(C(=O)NC(C)c3cccc(OC(C)C)c3)n2)n1. The number of hydrogen-bond donors (Lipinski definition) is 1. The Balaban J connectivity index is 1.82. The minimum Gasteiger partial charge on any atom is -0.491 e. The van der Waals surface area contributed by atoms with Crippen molar-refractivity contribution >= 4 is 17.5 Å². The Hall–Kier alpha value is -2.86. The third-order valence-corrected chi connectivity index (χ3v) is 4.66. The monoisotopic (exact) mass is 412 g/mol. The first-order valence-corrected chi connectivity index (χ1v) is 9.90. The molecule has 1 unspecified atom stereocenters. The first-order chi connectivity index (χ1) is 13.7. The Bertz CT molecular complexity index is 1030. The van der Waals surface area contributed by atoms with E-state index in [1.54, 1.807) is 16.8 Å². The van der Waals surface area contributed by atoms with Gasteiger partial charge in [-0.1, -0.05) is 23.7 Å². The van der Waals surface area contributed by atoms with Crippen LogP contribution in [0.15, 0.2) is 42.5 Å². The van der Waals surface area contributed by atoms with Crippen molar-refractivity contribution in [2.24, 2.45) is 0 Å². The van der Waals surface area contributed by atoms with E-state index >= 15 is 0 Å². The molecule has 0 bridgehead atoms. The largest absolute Gasteiger partial charge is 0.491 e. The molecule has 6 nitrogen and oxygen atoms in total. The molecular weight excluding hydrogens is 388 g/mol. The van der Waals surface area contributed by atoms with Crippen molar-refractivity contribution in [1.82, 2.24) is 20.1 Å². The zero-order valence-corrected chi connectivity index (χ0v) is 18.0. The average Bonchev–Trinajstić information content (AvgIpc) is 2.99. The fourth-order valence-corrected chi connectivity index (χ4v) is 3.24. The van der Waals surface area contributed by atoms with E-state index in [-0.39, 0.29) is 28.8 Å². The molecule has 152 valence electrons. The number of aromatic nitrogens is 3. The molecule has 29 heavy (non-hydrogen) atoms. The molecule has 2 heterocycles. The average molecular weight is 413 g/mol. The summed E-state index contributed by atoms with van der Waals surface area (Å²) in [6.07, 6.45) is 0.0790. The van der Waals surface area contributed by atoms with Crippen LogP contribution in [0.25, 0.3) is 5.82 Å². The van der Waals surface area contributed by atoms with Crippen LogP contribution >= 0.6 is 11.6 Å². The number of carbonyl (C=O) groups excluding carboxylic acids is 1. The molecule has 0 aliphatic carbocycles. The molecule has 1 aromatic carbocycles. The lowest BCUT2D eigenvalue weighted by Gasteiger charge is -2.17. The quantitative estimate of drug-likeness (QED) is 0.630. The molecule has 2 aromatic heterocycles. The van der Waals surface area contributed by atoms with Crippen molar-refractivity contribution < 1.29 is 9.53 Å². The summed E-state index contributed by atoms with van der Waals surface area (Å²) in [6, 6.07) is 12.8. The van der Waals surface area contributed by atoms with Crippen LogP contribution in [-0.2, 0) is 0 Å². The minimum atomic E-state index is -0.346. The van der Waals surface area contributed by atoms with E-state index in [9.17, 15) is 4.79 Å². The lowest BCUT2D eigenvalue weighted by molar-refractivity contribution is 0.0934. The number of pyridine rings is 1. The van der Waals surface area contributed by atoms with Gasteiger partial charge in [-0.2, -0.15) is 5.10 Å². The van der Waals surface area contributed by atoms with Crippen LogP contribution in [0.1, 0.15) is 54.3 Å². The van der Waals surface area contributed by atoms with E-state index in [0.717, 1.165) is 22.7 Å². The second-order valence-electron chi connectivity index (χ2n) is 7.27. The van der Waals surface area contributed by atoms with E-state index < -0.39 is 0 Å². The van der Waals surface area contributed by atoms with Gasteiger partial charge in [0, 0.05) is 5.69 Å². The van der Waals surface area contributed by atoms with Crippen molar-refractivity contribution in [3.63, 3.8) is 0 Å². The van der Waals surface area contributed by atoms with Crippen molar-refractivity contribution in [1.29, 1.82) is 0 Å². The second-order valence-corrected chi connectivity index (χ2v) is 7.68. The lowest BCUT2D eigenvalue weighted by Crippen LogP contribution is -2.28. The number of carbonyl (C=O) groups is 1. The van der Waals surface area contributed by atoms with Crippen LogP contribution in [0, 0.1) is 13.8 Å². The van der Waals surface area contributed by atoms with Gasteiger partial charge in [0.25, 0.3) is 5.91 Å². The van der Waals surface area contributed by atoms with Gasteiger partial charge in [0.1, 0.15) is 11.4 Å². The maximum atomic E-state index is 12.9. The number of ether oxygens (including phenoxy) is 1. The van der Waals surface area contributed by atoms with E-state index in [0.29, 0.717) is 5.82 Å². The highest BCUT2D eigenvalue weighted by molar-refractivity contribution is 6.33. The maximum Gasteiger partial charge on any atom is 0.271 e. The molecule has 0 radical (unpaired) electrons. The van der Waals surface area contributed by atoms with Crippen molar-refractivity contribution in [3.8, 4) is 11.6 Å². The van der Waals surface area contributed by atoms with Gasteiger partial charge in [0.05, 0.1) is 22.9 Å². The number of halogens is 1. The Labute approximate surface area is 175 Å². The van der Waals surface area contributed by atoms with Crippen LogP contribution in [0.3, 0.4) is 0 Å². The number of hydrogen-bond acceptors (Lipinski definition) is 4. The van der Waals surface area contributed by atoms with Crippen molar-refractivity contribution in [3.05, 3.63) is 70.1 Å². The molecule has 1 atom stereocenters. The molecule has 0 aliphatic heterocycles. The molecule has 1 N–H and O–H groups in total. The molecule has 7 heteroatoms. The highest BCUT2D eigenvalue weighted by Gasteiger charge is 2.18. The summed E-state index contributed by atoms with van der Waals surface area (Å²) < 4.78 is 7.43. The van der Waals surface area contributed by atoms with Crippen LogP contribution in [0.4, 0.5) is 0 Å². The van der Waals surface area contributed by atoms with Crippen LogP contribution in [0.2, 0.25) is 5.02 Å². The molecule has 0 saturated carbocycles. The number of benzene rings is 1. The van der Waals surface area contributed by atoms with Gasteiger partial charge in [0.2, 0.25) is 0 Å². The van der Waals surface area contributed by atoms with Crippen molar-refractivity contribution in [2.45, 2.75) is 46.8 Å². The predicted octanol–water partition coefficient (Wildman–Crippen LogP) is 4.82. The van der Waals surface area contributed by atoms with Crippen LogP contribution in [0.5, 0.6) is 5.75 Å². The molecule has 3 rings (SSSR count). The van der Waals surface area contributed by atoms with Gasteiger partial charge in [-0.3, -0.25) is 4.79 Å². The zero-order chi connectivity index (χ0) is 21.1. The molecular formula is C22H25ClN4O2. The Morgan fingerprint density at radius 3 is 2.55 bits per heavy atom. The normalized spacial score (nSPS) is 12.1. The zero-order valence-electron chi connectivity index (χ0n) is 17.2. The number of rotatable bonds is 6. The second kappa shape index (κ2) is 8.66. The summed E-state index contributed by atoms with van der Waals surface area (Å²) in [5.74, 6) is 0.965. The molecule has 0 saturated heterocycles. The fraction of sp³-hybridized carbons (Fsp3) is 0.318. The standard InChI is InChI=1S/C22H25ClN4O2/c1-13(2)29-18-8-6-7-17(12-18)16(5)24-22(28)21-19(23)9-10-20(25-21)27-15(4)11-14(3)26-27/h6-13,16H,1-5H3,(H,24,28). The van der Waals surface area contributed by atoms with E-state index in [1.807, 2.05) is 65.0 Å². The van der Waals surface area contributed by atoms with E-state index in [2.05, 4.69) is 15.4 Å². The summed E-state index contributed by atoms with van der Waals surface area (Å²) in [6.45, 7) is 9.70. The topological polar surface area (TPSA) is 69.0 Å². The van der Waals surface area contributed by atoms with Gasteiger partial charge >= 0.3 is 0 Å². The maximum absolute atomic E-state index is 12.9.